The molecule has 0 bridgehead atoms. The lowest BCUT2D eigenvalue weighted by atomic mass is 9.99. The largest absolute Gasteiger partial charge is 0.417 e. The molecule has 7 heteroatoms. The van der Waals surface area contributed by atoms with E-state index < -0.39 is 29.3 Å². The third kappa shape index (κ3) is 2.76. The van der Waals surface area contributed by atoms with E-state index in [1.165, 1.54) is 12.3 Å². The maximum absolute atomic E-state index is 13.0. The molecule has 1 aromatic carbocycles. The molecule has 0 aliphatic heterocycles. The average molecular weight is 288 g/mol. The Balaban J connectivity index is 2.77. The van der Waals surface area contributed by atoms with Gasteiger partial charge >= 0.3 is 6.18 Å². The molecule has 0 spiro atoms. The molecule has 1 heterocycles. The molecule has 0 radical (unpaired) electrons. The molecule has 0 unspecified atom stereocenters. The van der Waals surface area contributed by atoms with Crippen molar-refractivity contribution in [2.24, 2.45) is 0 Å². The zero-order chi connectivity index (χ0) is 14.9. The van der Waals surface area contributed by atoms with E-state index in [1.807, 2.05) is 0 Å². The van der Waals surface area contributed by atoms with Gasteiger partial charge in [-0.3, -0.25) is 0 Å². The number of benzene rings is 1. The van der Waals surface area contributed by atoms with Gasteiger partial charge in [0.1, 0.15) is 0 Å². The van der Waals surface area contributed by atoms with E-state index >= 15 is 0 Å². The Kier molecular flexibility index (Phi) is 3.69. The highest BCUT2D eigenvalue weighted by atomic mass is 19.4. The second kappa shape index (κ2) is 5.15. The fourth-order valence-electron chi connectivity index (χ4n) is 1.81. The van der Waals surface area contributed by atoms with Crippen LogP contribution in [-0.4, -0.2) is 9.97 Å². The molecule has 2 rings (SSSR count). The first-order valence-electron chi connectivity index (χ1n) is 5.59. The quantitative estimate of drug-likeness (QED) is 0.765. The third-order valence-electron chi connectivity index (χ3n) is 2.66. The second-order valence-electron chi connectivity index (χ2n) is 4.09. The van der Waals surface area contributed by atoms with Crippen molar-refractivity contribution in [2.45, 2.75) is 19.5 Å². The zero-order valence-corrected chi connectivity index (χ0v) is 10.2. The van der Waals surface area contributed by atoms with Gasteiger partial charge in [0, 0.05) is 23.0 Å². The fourth-order valence-corrected chi connectivity index (χ4v) is 1.81. The molecule has 0 saturated carbocycles. The summed E-state index contributed by atoms with van der Waals surface area (Å²) in [6, 6.07) is 4.11. The van der Waals surface area contributed by atoms with E-state index in [-0.39, 0.29) is 5.82 Å². The van der Waals surface area contributed by atoms with E-state index in [0.717, 1.165) is 18.2 Å². The van der Waals surface area contributed by atoms with E-state index in [9.17, 15) is 22.0 Å². The minimum absolute atomic E-state index is 0.353. The second-order valence-corrected chi connectivity index (χ2v) is 4.09. The molecular formula is C13H9F5N2. The first kappa shape index (κ1) is 14.4. The minimum atomic E-state index is -4.76. The van der Waals surface area contributed by atoms with Gasteiger partial charge in [-0.1, -0.05) is 12.1 Å². The van der Waals surface area contributed by atoms with Crippen LogP contribution in [0.25, 0.3) is 11.4 Å². The Morgan fingerprint density at radius 3 is 2.35 bits per heavy atom. The lowest BCUT2D eigenvalue weighted by molar-refractivity contribution is -0.137. The Morgan fingerprint density at radius 2 is 1.80 bits per heavy atom. The van der Waals surface area contributed by atoms with Gasteiger partial charge in [-0.05, 0) is 19.1 Å². The lowest BCUT2D eigenvalue weighted by Crippen LogP contribution is -2.10. The van der Waals surface area contributed by atoms with Gasteiger partial charge < -0.3 is 0 Å². The van der Waals surface area contributed by atoms with E-state index in [0.29, 0.717) is 5.69 Å². The summed E-state index contributed by atoms with van der Waals surface area (Å²) in [4.78, 5) is 7.50. The predicted molar refractivity (Wildman–Crippen MR) is 62.2 cm³/mol. The molecule has 0 aliphatic rings. The van der Waals surface area contributed by atoms with Gasteiger partial charge in [-0.2, -0.15) is 13.2 Å². The van der Waals surface area contributed by atoms with Crippen LogP contribution in [0.2, 0.25) is 0 Å². The molecule has 20 heavy (non-hydrogen) atoms. The molecule has 2 nitrogen and oxygen atoms in total. The number of aromatic nitrogens is 2. The first-order valence-corrected chi connectivity index (χ1v) is 5.59. The smallest absolute Gasteiger partial charge is 0.237 e. The molecule has 2 aromatic rings. The van der Waals surface area contributed by atoms with Crippen molar-refractivity contribution >= 4 is 0 Å². The highest BCUT2D eigenvalue weighted by molar-refractivity contribution is 5.66. The summed E-state index contributed by atoms with van der Waals surface area (Å²) in [6.45, 7) is 1.55. The summed E-state index contributed by atoms with van der Waals surface area (Å²) < 4.78 is 64.9. The van der Waals surface area contributed by atoms with Crippen LogP contribution in [-0.2, 0) is 6.18 Å². The summed E-state index contributed by atoms with van der Waals surface area (Å²) in [6.07, 6.45) is -6.57. The summed E-state index contributed by atoms with van der Waals surface area (Å²) in [5.74, 6) is -0.353. The standard InChI is InChI=1S/C13H9F5N2/c1-7-5-6-19-12(20-7)10-8(11(14)15)3-2-4-9(10)13(16,17)18/h2-6,11H,1H3. The van der Waals surface area contributed by atoms with Crippen molar-refractivity contribution in [3.8, 4) is 11.4 Å². The summed E-state index contributed by atoms with van der Waals surface area (Å²) in [5, 5.41) is 0. The van der Waals surface area contributed by atoms with Crippen molar-refractivity contribution in [3.05, 3.63) is 47.3 Å². The van der Waals surface area contributed by atoms with Crippen LogP contribution in [0.3, 0.4) is 0 Å². The van der Waals surface area contributed by atoms with Crippen molar-refractivity contribution in [3.63, 3.8) is 0 Å². The highest BCUT2D eigenvalue weighted by Crippen LogP contribution is 2.40. The van der Waals surface area contributed by atoms with Crippen LogP contribution in [0.5, 0.6) is 0 Å². The number of hydrogen-bond acceptors (Lipinski definition) is 2. The van der Waals surface area contributed by atoms with Gasteiger partial charge in [0.05, 0.1) is 5.56 Å². The molecule has 0 amide bonds. The Hall–Kier alpha value is -2.05. The van der Waals surface area contributed by atoms with E-state index in [4.69, 9.17) is 0 Å². The molecule has 0 N–H and O–H groups in total. The number of rotatable bonds is 2. The SMILES string of the molecule is Cc1ccnc(-c2c(C(F)F)cccc2C(F)(F)F)n1. The van der Waals surface area contributed by atoms with Gasteiger partial charge in [0.15, 0.2) is 5.82 Å². The zero-order valence-electron chi connectivity index (χ0n) is 10.2. The fraction of sp³-hybridized carbons (Fsp3) is 0.231. The Labute approximate surface area is 111 Å². The maximum atomic E-state index is 13.0. The van der Waals surface area contributed by atoms with Gasteiger partial charge in [-0.25, -0.2) is 18.7 Å². The van der Waals surface area contributed by atoms with E-state index in [2.05, 4.69) is 9.97 Å². The summed E-state index contributed by atoms with van der Waals surface area (Å²) in [5.41, 5.74) is -2.17. The molecule has 0 fully saturated rings. The summed E-state index contributed by atoms with van der Waals surface area (Å²) in [7, 11) is 0. The van der Waals surface area contributed by atoms with Crippen LogP contribution < -0.4 is 0 Å². The number of aryl methyl sites for hydroxylation is 1. The average Bonchev–Trinajstić information content (AvgIpc) is 2.36. The molecule has 1 aromatic heterocycles. The molecule has 106 valence electrons. The van der Waals surface area contributed by atoms with Crippen molar-refractivity contribution in [2.75, 3.05) is 0 Å². The molecule has 0 atom stereocenters. The normalized spacial score (nSPS) is 11.9. The van der Waals surface area contributed by atoms with Crippen LogP contribution in [0.1, 0.15) is 23.2 Å². The third-order valence-corrected chi connectivity index (χ3v) is 2.66. The summed E-state index contributed by atoms with van der Waals surface area (Å²) >= 11 is 0. The first-order chi connectivity index (χ1) is 9.30. The minimum Gasteiger partial charge on any atom is -0.237 e. The van der Waals surface area contributed by atoms with Crippen molar-refractivity contribution < 1.29 is 22.0 Å². The number of alkyl halides is 5. The Morgan fingerprint density at radius 1 is 1.10 bits per heavy atom. The van der Waals surface area contributed by atoms with Gasteiger partial charge in [-0.15, -0.1) is 0 Å². The van der Waals surface area contributed by atoms with Crippen LogP contribution >= 0.6 is 0 Å². The van der Waals surface area contributed by atoms with Crippen LogP contribution in [0.4, 0.5) is 22.0 Å². The van der Waals surface area contributed by atoms with Crippen molar-refractivity contribution in [1.82, 2.24) is 9.97 Å². The maximum Gasteiger partial charge on any atom is 0.417 e. The topological polar surface area (TPSA) is 25.8 Å². The number of hydrogen-bond donors (Lipinski definition) is 0. The van der Waals surface area contributed by atoms with Gasteiger partial charge in [0.2, 0.25) is 0 Å². The lowest BCUT2D eigenvalue weighted by Gasteiger charge is -2.15. The van der Waals surface area contributed by atoms with Crippen LogP contribution in [0.15, 0.2) is 30.5 Å². The molecule has 0 aliphatic carbocycles. The van der Waals surface area contributed by atoms with Gasteiger partial charge in [0.25, 0.3) is 6.43 Å². The van der Waals surface area contributed by atoms with E-state index in [1.54, 1.807) is 6.92 Å². The predicted octanol–water partition coefficient (Wildman–Crippen LogP) is 4.41. The molecule has 0 saturated heterocycles. The number of halogens is 5. The highest BCUT2D eigenvalue weighted by Gasteiger charge is 2.36. The Bertz CT molecular complexity index is 622. The monoisotopic (exact) mass is 288 g/mol. The molecular weight excluding hydrogens is 279 g/mol. The van der Waals surface area contributed by atoms with Crippen molar-refractivity contribution in [1.29, 1.82) is 0 Å². The van der Waals surface area contributed by atoms with Crippen LogP contribution in [0, 0.1) is 6.92 Å². The number of nitrogens with zero attached hydrogens (tertiary/aromatic N) is 2.